The summed E-state index contributed by atoms with van der Waals surface area (Å²) in [6, 6.07) is 0. The number of likely N-dealkylation sites (tertiary alicyclic amines) is 1. The summed E-state index contributed by atoms with van der Waals surface area (Å²) in [6.45, 7) is 5.42. The molecular formula is C14H21N5. The molecule has 1 saturated heterocycles. The highest BCUT2D eigenvalue weighted by atomic mass is 15.2. The van der Waals surface area contributed by atoms with Gasteiger partial charge >= 0.3 is 0 Å². The van der Waals surface area contributed by atoms with Gasteiger partial charge in [-0.1, -0.05) is 0 Å². The number of hydrogen-bond donors (Lipinski definition) is 1. The molecule has 0 aliphatic carbocycles. The lowest BCUT2D eigenvalue weighted by molar-refractivity contribution is 0.198. The molecule has 0 saturated carbocycles. The van der Waals surface area contributed by atoms with E-state index < -0.39 is 0 Å². The number of nitrogens with one attached hydrogen (secondary N) is 1. The van der Waals surface area contributed by atoms with Crippen LogP contribution in [0, 0.1) is 6.92 Å². The first-order valence-electron chi connectivity index (χ1n) is 6.92. The number of H-pyrrole nitrogens is 1. The summed E-state index contributed by atoms with van der Waals surface area (Å²) in [5.41, 5.74) is 3.90. The molecule has 3 rings (SSSR count). The van der Waals surface area contributed by atoms with Crippen LogP contribution in [0.3, 0.4) is 0 Å². The van der Waals surface area contributed by atoms with Crippen LogP contribution in [0.15, 0.2) is 18.6 Å². The summed E-state index contributed by atoms with van der Waals surface area (Å²) in [5, 5.41) is 11.6. The third-order valence-electron chi connectivity index (χ3n) is 3.95. The van der Waals surface area contributed by atoms with E-state index in [0.29, 0.717) is 5.92 Å². The molecule has 19 heavy (non-hydrogen) atoms. The minimum absolute atomic E-state index is 0.591. The van der Waals surface area contributed by atoms with Gasteiger partial charge in [-0.05, 0) is 31.9 Å². The summed E-state index contributed by atoms with van der Waals surface area (Å²) in [4.78, 5) is 2.52. The smallest absolute Gasteiger partial charge is 0.0534 e. The monoisotopic (exact) mass is 259 g/mol. The van der Waals surface area contributed by atoms with Gasteiger partial charge in [0.05, 0.1) is 12.4 Å². The predicted molar refractivity (Wildman–Crippen MR) is 73.8 cm³/mol. The van der Waals surface area contributed by atoms with Crippen molar-refractivity contribution in [1.29, 1.82) is 0 Å². The van der Waals surface area contributed by atoms with Crippen molar-refractivity contribution in [3.05, 3.63) is 35.4 Å². The highest BCUT2D eigenvalue weighted by Gasteiger charge is 2.23. The Morgan fingerprint density at radius 1 is 1.42 bits per heavy atom. The van der Waals surface area contributed by atoms with Crippen molar-refractivity contribution < 1.29 is 0 Å². The van der Waals surface area contributed by atoms with Crippen molar-refractivity contribution in [1.82, 2.24) is 24.9 Å². The fourth-order valence-corrected chi connectivity index (χ4v) is 3.02. The summed E-state index contributed by atoms with van der Waals surface area (Å²) >= 11 is 0. The van der Waals surface area contributed by atoms with Gasteiger partial charge in [0.2, 0.25) is 0 Å². The average Bonchev–Trinajstić information content (AvgIpc) is 2.99. The summed E-state index contributed by atoms with van der Waals surface area (Å²) in [6.07, 6.45) is 8.50. The SMILES string of the molecule is Cc1cn[nH]c1[C@H]1CCCN(Cc2cnn(C)c2)C1. The highest BCUT2D eigenvalue weighted by molar-refractivity contribution is 5.19. The van der Waals surface area contributed by atoms with Crippen LogP contribution in [0.4, 0.5) is 0 Å². The second kappa shape index (κ2) is 5.17. The fraction of sp³-hybridized carbons (Fsp3) is 0.571. The van der Waals surface area contributed by atoms with Gasteiger partial charge in [0.1, 0.15) is 0 Å². The minimum Gasteiger partial charge on any atom is -0.298 e. The van der Waals surface area contributed by atoms with E-state index in [-0.39, 0.29) is 0 Å². The molecule has 1 aliphatic rings. The van der Waals surface area contributed by atoms with E-state index in [0.717, 1.165) is 13.1 Å². The molecule has 1 N–H and O–H groups in total. The van der Waals surface area contributed by atoms with Crippen LogP contribution in [0.2, 0.25) is 0 Å². The van der Waals surface area contributed by atoms with Crippen molar-refractivity contribution in [3.8, 4) is 0 Å². The standard InChI is InChI=1S/C14H21N5/c1-11-6-15-17-14(11)13-4-3-5-19(10-13)9-12-7-16-18(2)8-12/h6-8,13H,3-5,9-10H2,1-2H3,(H,15,17)/t13-/m0/s1. The van der Waals surface area contributed by atoms with Gasteiger partial charge in [-0.3, -0.25) is 14.7 Å². The number of hydrogen-bond acceptors (Lipinski definition) is 3. The molecule has 5 heteroatoms. The van der Waals surface area contributed by atoms with E-state index in [1.54, 1.807) is 0 Å². The van der Waals surface area contributed by atoms with Crippen LogP contribution in [0.5, 0.6) is 0 Å². The number of rotatable bonds is 3. The van der Waals surface area contributed by atoms with Crippen molar-refractivity contribution in [2.75, 3.05) is 13.1 Å². The Morgan fingerprint density at radius 3 is 3.00 bits per heavy atom. The van der Waals surface area contributed by atoms with Gasteiger partial charge in [-0.15, -0.1) is 0 Å². The Balaban J connectivity index is 1.66. The van der Waals surface area contributed by atoms with E-state index >= 15 is 0 Å². The largest absolute Gasteiger partial charge is 0.298 e. The molecule has 0 radical (unpaired) electrons. The fourth-order valence-electron chi connectivity index (χ4n) is 3.02. The van der Waals surface area contributed by atoms with E-state index in [4.69, 9.17) is 0 Å². The van der Waals surface area contributed by atoms with Gasteiger partial charge in [-0.2, -0.15) is 10.2 Å². The minimum atomic E-state index is 0.591. The Morgan fingerprint density at radius 2 is 2.32 bits per heavy atom. The molecule has 0 unspecified atom stereocenters. The zero-order valence-electron chi connectivity index (χ0n) is 11.6. The van der Waals surface area contributed by atoms with E-state index in [1.807, 2.05) is 24.1 Å². The van der Waals surface area contributed by atoms with Gasteiger partial charge in [0.15, 0.2) is 0 Å². The van der Waals surface area contributed by atoms with Crippen LogP contribution in [0.1, 0.15) is 35.6 Å². The quantitative estimate of drug-likeness (QED) is 0.915. The molecule has 0 spiro atoms. The number of aromatic nitrogens is 4. The average molecular weight is 259 g/mol. The zero-order chi connectivity index (χ0) is 13.2. The highest BCUT2D eigenvalue weighted by Crippen LogP contribution is 2.28. The molecule has 0 bridgehead atoms. The maximum atomic E-state index is 4.24. The Labute approximate surface area is 113 Å². The van der Waals surface area contributed by atoms with Crippen molar-refractivity contribution in [3.63, 3.8) is 0 Å². The van der Waals surface area contributed by atoms with Crippen molar-refractivity contribution >= 4 is 0 Å². The van der Waals surface area contributed by atoms with E-state index in [9.17, 15) is 0 Å². The Bertz CT molecular complexity index is 542. The van der Waals surface area contributed by atoms with Crippen LogP contribution in [-0.4, -0.2) is 38.0 Å². The maximum Gasteiger partial charge on any atom is 0.0534 e. The molecule has 2 aromatic heterocycles. The first kappa shape index (κ1) is 12.4. The normalized spacial score (nSPS) is 20.8. The van der Waals surface area contributed by atoms with E-state index in [1.165, 1.54) is 36.2 Å². The Hall–Kier alpha value is -1.62. The number of nitrogens with zero attached hydrogens (tertiary/aromatic N) is 4. The van der Waals surface area contributed by atoms with Gasteiger partial charge < -0.3 is 0 Å². The van der Waals surface area contributed by atoms with Gasteiger partial charge in [-0.25, -0.2) is 0 Å². The predicted octanol–water partition coefficient (Wildman–Crippen LogP) is 1.83. The maximum absolute atomic E-state index is 4.24. The Kier molecular flexibility index (Phi) is 3.38. The molecule has 5 nitrogen and oxygen atoms in total. The molecule has 102 valence electrons. The van der Waals surface area contributed by atoms with Crippen molar-refractivity contribution in [2.24, 2.45) is 7.05 Å². The first-order chi connectivity index (χ1) is 9.22. The zero-order valence-corrected chi connectivity index (χ0v) is 11.6. The van der Waals surface area contributed by atoms with Crippen LogP contribution < -0.4 is 0 Å². The molecule has 1 fully saturated rings. The molecular weight excluding hydrogens is 238 g/mol. The third-order valence-corrected chi connectivity index (χ3v) is 3.95. The topological polar surface area (TPSA) is 49.7 Å². The second-order valence-corrected chi connectivity index (χ2v) is 5.56. The van der Waals surface area contributed by atoms with Crippen LogP contribution in [0.25, 0.3) is 0 Å². The molecule has 3 heterocycles. The molecule has 0 aromatic carbocycles. The lowest BCUT2D eigenvalue weighted by atomic mass is 9.93. The molecule has 1 atom stereocenters. The summed E-state index contributed by atoms with van der Waals surface area (Å²) < 4.78 is 1.87. The second-order valence-electron chi connectivity index (χ2n) is 5.56. The summed E-state index contributed by atoms with van der Waals surface area (Å²) in [5.74, 6) is 0.591. The van der Waals surface area contributed by atoms with E-state index in [2.05, 4.69) is 33.3 Å². The van der Waals surface area contributed by atoms with Gasteiger partial charge in [0, 0.05) is 43.5 Å². The van der Waals surface area contributed by atoms with Crippen molar-refractivity contribution in [2.45, 2.75) is 32.2 Å². The number of aromatic amines is 1. The molecule has 1 aliphatic heterocycles. The lowest BCUT2D eigenvalue weighted by Gasteiger charge is -2.32. The molecule has 2 aromatic rings. The van der Waals surface area contributed by atoms with Gasteiger partial charge in [0.25, 0.3) is 0 Å². The summed E-state index contributed by atoms with van der Waals surface area (Å²) in [7, 11) is 1.97. The lowest BCUT2D eigenvalue weighted by Crippen LogP contribution is -2.34. The number of aryl methyl sites for hydroxylation is 2. The number of piperidine rings is 1. The van der Waals surface area contributed by atoms with Crippen LogP contribution in [-0.2, 0) is 13.6 Å². The molecule has 0 amide bonds. The first-order valence-corrected chi connectivity index (χ1v) is 6.92. The third kappa shape index (κ3) is 2.71. The van der Waals surface area contributed by atoms with Crippen LogP contribution >= 0.6 is 0 Å².